The van der Waals surface area contributed by atoms with Crippen LogP contribution in [0.25, 0.3) is 0 Å². The summed E-state index contributed by atoms with van der Waals surface area (Å²) in [6.45, 7) is 6.06. The van der Waals surface area contributed by atoms with Gasteiger partial charge in [-0.05, 0) is 43.8 Å². The van der Waals surface area contributed by atoms with E-state index in [0.717, 1.165) is 38.3 Å². The molecule has 1 rings (SSSR count). The van der Waals surface area contributed by atoms with Gasteiger partial charge in [-0.15, -0.1) is 0 Å². The Kier molecular flexibility index (Phi) is 5.90. The van der Waals surface area contributed by atoms with Crippen molar-refractivity contribution in [1.82, 2.24) is 4.90 Å². The van der Waals surface area contributed by atoms with Gasteiger partial charge in [0, 0.05) is 6.54 Å². The van der Waals surface area contributed by atoms with Crippen molar-refractivity contribution in [3.05, 3.63) is 29.8 Å². The molecular formula is C13H22N2O. The van der Waals surface area contributed by atoms with Gasteiger partial charge in [0.05, 0.1) is 7.11 Å². The van der Waals surface area contributed by atoms with Crippen molar-refractivity contribution in [3.8, 4) is 5.75 Å². The monoisotopic (exact) mass is 222 g/mol. The fourth-order valence-corrected chi connectivity index (χ4v) is 1.65. The molecule has 3 heteroatoms. The zero-order chi connectivity index (χ0) is 11.8. The van der Waals surface area contributed by atoms with Crippen LogP contribution in [-0.4, -0.2) is 31.6 Å². The minimum atomic E-state index is 0.763. The summed E-state index contributed by atoms with van der Waals surface area (Å²) in [5, 5.41) is 0. The molecule has 0 aliphatic carbocycles. The molecule has 90 valence electrons. The van der Waals surface area contributed by atoms with Gasteiger partial charge in [0.2, 0.25) is 0 Å². The van der Waals surface area contributed by atoms with E-state index in [1.54, 1.807) is 7.11 Å². The van der Waals surface area contributed by atoms with E-state index >= 15 is 0 Å². The zero-order valence-corrected chi connectivity index (χ0v) is 10.3. The lowest BCUT2D eigenvalue weighted by molar-refractivity contribution is 0.278. The van der Waals surface area contributed by atoms with Crippen LogP contribution in [0, 0.1) is 0 Å². The van der Waals surface area contributed by atoms with Gasteiger partial charge in [0.25, 0.3) is 0 Å². The summed E-state index contributed by atoms with van der Waals surface area (Å²) < 4.78 is 5.14. The number of nitrogens with zero attached hydrogens (tertiary/aromatic N) is 1. The van der Waals surface area contributed by atoms with Crippen molar-refractivity contribution in [2.75, 3.05) is 26.7 Å². The first kappa shape index (κ1) is 13.0. The van der Waals surface area contributed by atoms with Crippen LogP contribution in [-0.2, 0) is 6.54 Å². The molecule has 0 fully saturated rings. The van der Waals surface area contributed by atoms with Crippen LogP contribution >= 0.6 is 0 Å². The molecule has 0 atom stereocenters. The number of hydrogen-bond donors (Lipinski definition) is 1. The molecule has 1 aromatic carbocycles. The standard InChI is InChI=1S/C13H22N2O/c1-3-15(10-4-9-14)11-12-5-7-13(16-2)8-6-12/h5-8H,3-4,9-11,14H2,1-2H3. The minimum absolute atomic E-state index is 0.763. The van der Waals surface area contributed by atoms with E-state index in [1.165, 1.54) is 5.56 Å². The van der Waals surface area contributed by atoms with Crippen LogP contribution in [0.3, 0.4) is 0 Å². The second kappa shape index (κ2) is 7.25. The number of methoxy groups -OCH3 is 1. The first-order valence-corrected chi connectivity index (χ1v) is 5.85. The van der Waals surface area contributed by atoms with Crippen LogP contribution in [0.2, 0.25) is 0 Å². The number of nitrogens with two attached hydrogens (primary N) is 1. The molecule has 0 bridgehead atoms. The first-order valence-electron chi connectivity index (χ1n) is 5.85. The van der Waals surface area contributed by atoms with E-state index < -0.39 is 0 Å². The highest BCUT2D eigenvalue weighted by atomic mass is 16.5. The lowest BCUT2D eigenvalue weighted by Gasteiger charge is -2.20. The summed E-state index contributed by atoms with van der Waals surface area (Å²) >= 11 is 0. The molecule has 0 spiro atoms. The third-order valence-electron chi connectivity index (χ3n) is 2.69. The van der Waals surface area contributed by atoms with Gasteiger partial charge in [-0.2, -0.15) is 0 Å². The van der Waals surface area contributed by atoms with E-state index in [9.17, 15) is 0 Å². The number of rotatable bonds is 7. The second-order valence-electron chi connectivity index (χ2n) is 3.86. The molecule has 1 aromatic rings. The van der Waals surface area contributed by atoms with Gasteiger partial charge in [-0.3, -0.25) is 4.90 Å². The van der Waals surface area contributed by atoms with Gasteiger partial charge >= 0.3 is 0 Å². The third-order valence-corrected chi connectivity index (χ3v) is 2.69. The molecular weight excluding hydrogens is 200 g/mol. The summed E-state index contributed by atoms with van der Waals surface area (Å²) in [6.07, 6.45) is 1.06. The van der Waals surface area contributed by atoms with Crippen molar-refractivity contribution in [2.24, 2.45) is 5.73 Å². The molecule has 3 nitrogen and oxygen atoms in total. The topological polar surface area (TPSA) is 38.5 Å². The molecule has 0 radical (unpaired) electrons. The van der Waals surface area contributed by atoms with Crippen molar-refractivity contribution in [3.63, 3.8) is 0 Å². The maximum atomic E-state index is 5.52. The summed E-state index contributed by atoms with van der Waals surface area (Å²) in [6, 6.07) is 8.24. The normalized spacial score (nSPS) is 10.8. The maximum absolute atomic E-state index is 5.52. The largest absolute Gasteiger partial charge is 0.497 e. The van der Waals surface area contributed by atoms with Crippen molar-refractivity contribution in [2.45, 2.75) is 19.9 Å². The fraction of sp³-hybridized carbons (Fsp3) is 0.538. The van der Waals surface area contributed by atoms with Crippen molar-refractivity contribution in [1.29, 1.82) is 0 Å². The summed E-state index contributed by atoms with van der Waals surface area (Å²) in [4.78, 5) is 2.40. The average molecular weight is 222 g/mol. The predicted octanol–water partition coefficient (Wildman–Crippen LogP) is 1.87. The molecule has 0 aliphatic rings. The van der Waals surface area contributed by atoms with Gasteiger partial charge in [0.15, 0.2) is 0 Å². The molecule has 0 unspecified atom stereocenters. The fourth-order valence-electron chi connectivity index (χ4n) is 1.65. The van der Waals surface area contributed by atoms with Gasteiger partial charge in [-0.25, -0.2) is 0 Å². The average Bonchev–Trinajstić information content (AvgIpc) is 2.35. The van der Waals surface area contributed by atoms with Gasteiger partial charge in [-0.1, -0.05) is 19.1 Å². The number of hydrogen-bond acceptors (Lipinski definition) is 3. The summed E-state index contributed by atoms with van der Waals surface area (Å²) in [5.74, 6) is 0.911. The van der Waals surface area contributed by atoms with Gasteiger partial charge in [0.1, 0.15) is 5.75 Å². The Hall–Kier alpha value is -1.06. The number of benzene rings is 1. The Balaban J connectivity index is 2.49. The number of ether oxygens (including phenoxy) is 1. The minimum Gasteiger partial charge on any atom is -0.497 e. The van der Waals surface area contributed by atoms with Crippen LogP contribution in [0.5, 0.6) is 5.75 Å². The molecule has 0 saturated heterocycles. The van der Waals surface area contributed by atoms with E-state index in [4.69, 9.17) is 10.5 Å². The molecule has 2 N–H and O–H groups in total. The Bertz CT molecular complexity index is 284. The summed E-state index contributed by atoms with van der Waals surface area (Å²) in [7, 11) is 1.69. The molecule has 0 aliphatic heterocycles. The van der Waals surface area contributed by atoms with E-state index in [-0.39, 0.29) is 0 Å². The quantitative estimate of drug-likeness (QED) is 0.765. The van der Waals surface area contributed by atoms with Crippen LogP contribution in [0.4, 0.5) is 0 Å². The first-order chi connectivity index (χ1) is 7.80. The van der Waals surface area contributed by atoms with Crippen LogP contribution < -0.4 is 10.5 Å². The van der Waals surface area contributed by atoms with E-state index in [2.05, 4.69) is 24.0 Å². The highest BCUT2D eigenvalue weighted by molar-refractivity contribution is 5.27. The lowest BCUT2D eigenvalue weighted by Crippen LogP contribution is -2.25. The predicted molar refractivity (Wildman–Crippen MR) is 67.6 cm³/mol. The smallest absolute Gasteiger partial charge is 0.118 e. The Labute approximate surface area is 98.2 Å². The summed E-state index contributed by atoms with van der Waals surface area (Å²) in [5.41, 5.74) is 6.84. The van der Waals surface area contributed by atoms with Crippen LogP contribution in [0.1, 0.15) is 18.9 Å². The van der Waals surface area contributed by atoms with Crippen molar-refractivity contribution >= 4 is 0 Å². The van der Waals surface area contributed by atoms with E-state index in [1.807, 2.05) is 12.1 Å². The van der Waals surface area contributed by atoms with E-state index in [0.29, 0.717) is 0 Å². The molecule has 16 heavy (non-hydrogen) atoms. The highest BCUT2D eigenvalue weighted by Gasteiger charge is 2.03. The zero-order valence-electron chi connectivity index (χ0n) is 10.3. The molecule has 0 saturated carbocycles. The maximum Gasteiger partial charge on any atom is 0.118 e. The second-order valence-corrected chi connectivity index (χ2v) is 3.86. The molecule has 0 heterocycles. The molecule has 0 aromatic heterocycles. The SMILES string of the molecule is CCN(CCCN)Cc1ccc(OC)cc1. The Morgan fingerprint density at radius 1 is 1.25 bits per heavy atom. The van der Waals surface area contributed by atoms with Gasteiger partial charge < -0.3 is 10.5 Å². The molecule has 0 amide bonds. The third kappa shape index (κ3) is 4.21. The van der Waals surface area contributed by atoms with Crippen LogP contribution in [0.15, 0.2) is 24.3 Å². The Morgan fingerprint density at radius 3 is 2.44 bits per heavy atom. The van der Waals surface area contributed by atoms with Crippen molar-refractivity contribution < 1.29 is 4.74 Å². The lowest BCUT2D eigenvalue weighted by atomic mass is 10.2. The Morgan fingerprint density at radius 2 is 1.94 bits per heavy atom. The highest BCUT2D eigenvalue weighted by Crippen LogP contribution is 2.12.